The van der Waals surface area contributed by atoms with Crippen molar-refractivity contribution in [2.75, 3.05) is 44.1 Å². The number of carbonyl (C=O) groups is 1. The number of nitrogens with one attached hydrogen (secondary N) is 2. The quantitative estimate of drug-likeness (QED) is 0.746. The summed E-state index contributed by atoms with van der Waals surface area (Å²) < 4.78 is 9.98. The Hall–Kier alpha value is -1.59. The first-order chi connectivity index (χ1) is 8.79. The zero-order chi connectivity index (χ0) is 12.8. The molecule has 2 N–H and O–H groups in total. The van der Waals surface area contributed by atoms with Gasteiger partial charge < -0.3 is 20.1 Å². The summed E-state index contributed by atoms with van der Waals surface area (Å²) in [5, 5.41) is 6.09. The fourth-order valence-electron chi connectivity index (χ4n) is 1.89. The maximum atomic E-state index is 11.6. The van der Waals surface area contributed by atoms with Gasteiger partial charge in [-0.05, 0) is 30.2 Å². The van der Waals surface area contributed by atoms with Gasteiger partial charge in [0.1, 0.15) is 6.61 Å². The molecule has 1 aliphatic heterocycles. The summed E-state index contributed by atoms with van der Waals surface area (Å²) in [6.45, 7) is 1.95. The lowest BCUT2D eigenvalue weighted by atomic mass is 10.1. The summed E-state index contributed by atoms with van der Waals surface area (Å²) in [4.78, 5) is 11.6. The third kappa shape index (κ3) is 3.45. The maximum absolute atomic E-state index is 11.6. The Morgan fingerprint density at radius 1 is 1.44 bits per heavy atom. The van der Waals surface area contributed by atoms with Crippen LogP contribution in [0.25, 0.3) is 0 Å². The second-order valence-corrected chi connectivity index (χ2v) is 4.14. The molecule has 5 nitrogen and oxygen atoms in total. The number of anilines is 2. The maximum Gasteiger partial charge on any atom is 0.250 e. The highest BCUT2D eigenvalue weighted by atomic mass is 16.5. The highest BCUT2D eigenvalue weighted by molar-refractivity contribution is 5.92. The van der Waals surface area contributed by atoms with E-state index in [-0.39, 0.29) is 12.5 Å². The molecule has 1 aromatic rings. The Morgan fingerprint density at radius 3 is 3.17 bits per heavy atom. The summed E-state index contributed by atoms with van der Waals surface area (Å²) in [5.41, 5.74) is 3.22. The lowest BCUT2D eigenvalue weighted by molar-refractivity contribution is -0.121. The highest BCUT2D eigenvalue weighted by Crippen LogP contribution is 2.25. The smallest absolute Gasteiger partial charge is 0.250 e. The molecule has 0 spiro atoms. The van der Waals surface area contributed by atoms with Crippen molar-refractivity contribution in [3.05, 3.63) is 23.8 Å². The largest absolute Gasteiger partial charge is 0.384 e. The summed E-state index contributed by atoms with van der Waals surface area (Å²) >= 11 is 0. The first kappa shape index (κ1) is 12.9. The highest BCUT2D eigenvalue weighted by Gasteiger charge is 2.11. The van der Waals surface area contributed by atoms with Gasteiger partial charge in [0, 0.05) is 25.0 Å². The molecule has 98 valence electrons. The van der Waals surface area contributed by atoms with Crippen LogP contribution in [0.4, 0.5) is 11.4 Å². The number of amides is 1. The minimum Gasteiger partial charge on any atom is -0.384 e. The number of rotatable bonds is 6. The van der Waals surface area contributed by atoms with Crippen LogP contribution in [0.15, 0.2) is 18.2 Å². The van der Waals surface area contributed by atoms with Crippen molar-refractivity contribution in [3.63, 3.8) is 0 Å². The molecular formula is C13H18N2O3. The zero-order valence-electron chi connectivity index (χ0n) is 10.5. The van der Waals surface area contributed by atoms with Gasteiger partial charge in [-0.2, -0.15) is 0 Å². The minimum atomic E-state index is -0.142. The fraction of sp³-hybridized carbons (Fsp3) is 0.462. The lowest BCUT2D eigenvalue weighted by Gasteiger charge is -2.07. The van der Waals surface area contributed by atoms with E-state index in [4.69, 9.17) is 9.47 Å². The topological polar surface area (TPSA) is 59.6 Å². The number of hydrogen-bond donors (Lipinski definition) is 2. The molecule has 1 aliphatic rings. The van der Waals surface area contributed by atoms with Crippen molar-refractivity contribution in [1.82, 2.24) is 0 Å². The first-order valence-corrected chi connectivity index (χ1v) is 6.03. The molecule has 2 rings (SSSR count). The van der Waals surface area contributed by atoms with Gasteiger partial charge in [0.15, 0.2) is 0 Å². The average Bonchev–Trinajstić information content (AvgIpc) is 2.82. The summed E-state index contributed by atoms with van der Waals surface area (Å²) in [7, 11) is 1.60. The van der Waals surface area contributed by atoms with Gasteiger partial charge in [0.25, 0.3) is 0 Å². The van der Waals surface area contributed by atoms with Crippen LogP contribution < -0.4 is 10.6 Å². The van der Waals surface area contributed by atoms with Gasteiger partial charge >= 0.3 is 0 Å². The number of methoxy groups -OCH3 is 1. The number of ether oxygens (including phenoxy) is 2. The molecule has 0 fully saturated rings. The molecule has 1 amide bonds. The Kier molecular flexibility index (Phi) is 4.55. The number of fused-ring (bicyclic) bond motifs is 1. The van der Waals surface area contributed by atoms with Crippen molar-refractivity contribution >= 4 is 17.3 Å². The molecule has 0 saturated heterocycles. The van der Waals surface area contributed by atoms with E-state index < -0.39 is 0 Å². The molecule has 0 unspecified atom stereocenters. The van der Waals surface area contributed by atoms with Crippen LogP contribution in [0.5, 0.6) is 0 Å². The van der Waals surface area contributed by atoms with E-state index >= 15 is 0 Å². The fourth-order valence-corrected chi connectivity index (χ4v) is 1.89. The van der Waals surface area contributed by atoms with Crippen LogP contribution in [0.2, 0.25) is 0 Å². The van der Waals surface area contributed by atoms with Crippen LogP contribution >= 0.6 is 0 Å². The molecule has 18 heavy (non-hydrogen) atoms. The van der Waals surface area contributed by atoms with E-state index in [0.717, 1.165) is 24.3 Å². The third-order valence-corrected chi connectivity index (χ3v) is 2.76. The molecule has 5 heteroatoms. The molecule has 0 radical (unpaired) electrons. The molecular weight excluding hydrogens is 232 g/mol. The zero-order valence-corrected chi connectivity index (χ0v) is 10.5. The van der Waals surface area contributed by atoms with Gasteiger partial charge in [-0.15, -0.1) is 0 Å². The van der Waals surface area contributed by atoms with E-state index in [1.165, 1.54) is 5.56 Å². The Morgan fingerprint density at radius 2 is 2.33 bits per heavy atom. The van der Waals surface area contributed by atoms with Gasteiger partial charge in [0.2, 0.25) is 5.91 Å². The Balaban J connectivity index is 1.80. The van der Waals surface area contributed by atoms with Gasteiger partial charge in [-0.25, -0.2) is 0 Å². The summed E-state index contributed by atoms with van der Waals surface area (Å²) in [5.74, 6) is -0.142. The van der Waals surface area contributed by atoms with Crippen LogP contribution in [-0.2, 0) is 20.7 Å². The van der Waals surface area contributed by atoms with Crippen LogP contribution in [0, 0.1) is 0 Å². The number of hydrogen-bond acceptors (Lipinski definition) is 4. The third-order valence-electron chi connectivity index (χ3n) is 2.76. The Labute approximate surface area is 106 Å². The van der Waals surface area contributed by atoms with Crippen LogP contribution in [-0.4, -0.2) is 39.4 Å². The Bertz CT molecular complexity index is 421. The van der Waals surface area contributed by atoms with Crippen LogP contribution in [0.3, 0.4) is 0 Å². The molecule has 0 atom stereocenters. The van der Waals surface area contributed by atoms with Crippen molar-refractivity contribution in [2.24, 2.45) is 0 Å². The van der Waals surface area contributed by atoms with Crippen molar-refractivity contribution in [2.45, 2.75) is 6.42 Å². The summed E-state index contributed by atoms with van der Waals surface area (Å²) in [6, 6.07) is 5.89. The van der Waals surface area contributed by atoms with Crippen molar-refractivity contribution < 1.29 is 14.3 Å². The predicted molar refractivity (Wildman–Crippen MR) is 70.0 cm³/mol. The average molecular weight is 250 g/mol. The standard InChI is InChI=1S/C13H18N2O3/c1-17-6-7-18-9-13(16)15-11-2-3-12-10(8-11)4-5-14-12/h2-3,8,14H,4-7,9H2,1H3,(H,15,16). The minimum absolute atomic E-state index is 0.0543. The van der Waals surface area contributed by atoms with Crippen molar-refractivity contribution in [3.8, 4) is 0 Å². The predicted octanol–water partition coefficient (Wildman–Crippen LogP) is 1.26. The van der Waals surface area contributed by atoms with Gasteiger partial charge in [-0.1, -0.05) is 0 Å². The molecule has 0 bridgehead atoms. The van der Waals surface area contributed by atoms with E-state index in [1.807, 2.05) is 18.2 Å². The molecule has 0 saturated carbocycles. The van der Waals surface area contributed by atoms with Gasteiger partial charge in [-0.3, -0.25) is 4.79 Å². The van der Waals surface area contributed by atoms with E-state index in [9.17, 15) is 4.79 Å². The van der Waals surface area contributed by atoms with Crippen LogP contribution in [0.1, 0.15) is 5.56 Å². The first-order valence-electron chi connectivity index (χ1n) is 6.03. The lowest BCUT2D eigenvalue weighted by Crippen LogP contribution is -2.19. The molecule has 1 aromatic carbocycles. The van der Waals surface area contributed by atoms with Gasteiger partial charge in [0.05, 0.1) is 13.2 Å². The van der Waals surface area contributed by atoms with Crippen molar-refractivity contribution in [1.29, 1.82) is 0 Å². The SMILES string of the molecule is COCCOCC(=O)Nc1ccc2c(c1)CCN2. The summed E-state index contributed by atoms with van der Waals surface area (Å²) in [6.07, 6.45) is 1.00. The number of carbonyl (C=O) groups excluding carboxylic acids is 1. The molecule has 0 aromatic heterocycles. The van der Waals surface area contributed by atoms with E-state index in [1.54, 1.807) is 7.11 Å². The second-order valence-electron chi connectivity index (χ2n) is 4.14. The normalized spacial score (nSPS) is 12.9. The second kappa shape index (κ2) is 6.37. The van der Waals surface area contributed by atoms with E-state index in [2.05, 4.69) is 10.6 Å². The number of benzene rings is 1. The monoisotopic (exact) mass is 250 g/mol. The molecule has 0 aliphatic carbocycles. The molecule has 1 heterocycles. The van der Waals surface area contributed by atoms with E-state index in [0.29, 0.717) is 13.2 Å².